The Morgan fingerprint density at radius 1 is 1.00 bits per heavy atom. The highest BCUT2D eigenvalue weighted by Gasteiger charge is 2.02. The van der Waals surface area contributed by atoms with Crippen LogP contribution in [0.2, 0.25) is 0 Å². The molecule has 2 rings (SSSR count). The maximum absolute atomic E-state index is 5.19. The Bertz CT molecular complexity index is 540. The molecule has 0 amide bonds. The van der Waals surface area contributed by atoms with E-state index in [1.54, 1.807) is 14.2 Å². The Kier molecular flexibility index (Phi) is 5.01. The number of aryl methyl sites for hydroxylation is 2. The molecule has 0 N–H and O–H groups in total. The van der Waals surface area contributed by atoms with Crippen LogP contribution in [0.1, 0.15) is 11.3 Å². The molecule has 0 saturated carbocycles. The largest absolute Gasteiger partial charge is 0.497 e. The molecular weight excluding hydrogens is 353 g/mol. The van der Waals surface area contributed by atoms with Gasteiger partial charge in [0.2, 0.25) is 5.88 Å². The number of pyridine rings is 1. The molecule has 0 radical (unpaired) electrons. The number of ether oxygens (including phenoxy) is 2. The van der Waals surface area contributed by atoms with Gasteiger partial charge in [0.25, 0.3) is 0 Å². The van der Waals surface area contributed by atoms with Crippen LogP contribution >= 0.6 is 22.6 Å². The number of aromatic nitrogens is 1. The van der Waals surface area contributed by atoms with Gasteiger partial charge in [0.1, 0.15) is 5.75 Å². The standard InChI is InChI=1S/C15H16INO2/c1-18-14-7-4-11(5-8-14)3-6-13-9-12(16)10-15(17-13)19-2/h4-5,7-10H,3,6H2,1-2H3. The third-order valence-corrected chi connectivity index (χ3v) is 3.48. The third-order valence-electron chi connectivity index (χ3n) is 2.86. The van der Waals surface area contributed by atoms with Gasteiger partial charge >= 0.3 is 0 Å². The molecule has 1 heterocycles. The summed E-state index contributed by atoms with van der Waals surface area (Å²) in [5.41, 5.74) is 2.33. The second-order valence-corrected chi connectivity index (χ2v) is 5.41. The van der Waals surface area contributed by atoms with Crippen LogP contribution < -0.4 is 9.47 Å². The molecule has 0 aliphatic heterocycles. The Morgan fingerprint density at radius 3 is 2.37 bits per heavy atom. The lowest BCUT2D eigenvalue weighted by Crippen LogP contribution is -1.98. The molecule has 100 valence electrons. The highest BCUT2D eigenvalue weighted by Crippen LogP contribution is 2.17. The van der Waals surface area contributed by atoms with Crippen LogP contribution in [0.5, 0.6) is 11.6 Å². The van der Waals surface area contributed by atoms with Crippen molar-refractivity contribution in [3.63, 3.8) is 0 Å². The highest BCUT2D eigenvalue weighted by atomic mass is 127. The number of halogens is 1. The van der Waals surface area contributed by atoms with E-state index in [1.807, 2.05) is 18.2 Å². The van der Waals surface area contributed by atoms with Gasteiger partial charge in [-0.25, -0.2) is 4.98 Å². The van der Waals surface area contributed by atoms with E-state index in [0.29, 0.717) is 5.88 Å². The van der Waals surface area contributed by atoms with Gasteiger partial charge in [-0.3, -0.25) is 0 Å². The lowest BCUT2D eigenvalue weighted by Gasteiger charge is -2.06. The number of benzene rings is 1. The first-order valence-electron chi connectivity index (χ1n) is 6.04. The van der Waals surface area contributed by atoms with E-state index in [4.69, 9.17) is 9.47 Å². The molecule has 1 aromatic heterocycles. The third kappa shape index (κ3) is 4.09. The van der Waals surface area contributed by atoms with Crippen molar-refractivity contribution in [2.45, 2.75) is 12.8 Å². The summed E-state index contributed by atoms with van der Waals surface area (Å²) in [7, 11) is 3.32. The average Bonchev–Trinajstić information content (AvgIpc) is 2.45. The molecule has 0 aliphatic rings. The molecule has 4 heteroatoms. The molecule has 0 aliphatic carbocycles. The van der Waals surface area contributed by atoms with Crippen molar-refractivity contribution in [2.75, 3.05) is 14.2 Å². The fourth-order valence-corrected chi connectivity index (χ4v) is 2.45. The minimum absolute atomic E-state index is 0.677. The molecule has 19 heavy (non-hydrogen) atoms. The van der Waals surface area contributed by atoms with Gasteiger partial charge < -0.3 is 9.47 Å². The number of hydrogen-bond donors (Lipinski definition) is 0. The minimum Gasteiger partial charge on any atom is -0.497 e. The Hall–Kier alpha value is -1.30. The predicted octanol–water partition coefficient (Wildman–Crippen LogP) is 3.49. The van der Waals surface area contributed by atoms with Crippen molar-refractivity contribution in [1.82, 2.24) is 4.98 Å². The van der Waals surface area contributed by atoms with E-state index in [0.717, 1.165) is 27.9 Å². The summed E-state index contributed by atoms with van der Waals surface area (Å²) >= 11 is 2.28. The van der Waals surface area contributed by atoms with Crippen LogP contribution in [0, 0.1) is 3.57 Å². The Labute approximate surface area is 127 Å². The monoisotopic (exact) mass is 369 g/mol. The van der Waals surface area contributed by atoms with Gasteiger partial charge in [-0.15, -0.1) is 0 Å². The molecule has 3 nitrogen and oxygen atoms in total. The lowest BCUT2D eigenvalue weighted by molar-refractivity contribution is 0.396. The van der Waals surface area contributed by atoms with Gasteiger partial charge in [-0.05, 0) is 59.2 Å². The van der Waals surface area contributed by atoms with Crippen LogP contribution in [0.3, 0.4) is 0 Å². The Morgan fingerprint density at radius 2 is 1.74 bits per heavy atom. The molecule has 0 bridgehead atoms. The summed E-state index contributed by atoms with van der Waals surface area (Å²) in [6.07, 6.45) is 1.86. The molecule has 2 aromatic rings. The summed E-state index contributed by atoms with van der Waals surface area (Å²) in [6, 6.07) is 12.2. The maximum Gasteiger partial charge on any atom is 0.214 e. The van der Waals surface area contributed by atoms with Crippen LogP contribution in [0.25, 0.3) is 0 Å². The summed E-state index contributed by atoms with van der Waals surface area (Å²) in [5, 5.41) is 0. The SMILES string of the molecule is COc1ccc(CCc2cc(I)cc(OC)n2)cc1. The molecule has 0 saturated heterocycles. The highest BCUT2D eigenvalue weighted by molar-refractivity contribution is 14.1. The smallest absolute Gasteiger partial charge is 0.214 e. The fourth-order valence-electron chi connectivity index (χ4n) is 1.82. The maximum atomic E-state index is 5.19. The zero-order valence-electron chi connectivity index (χ0n) is 11.0. The Balaban J connectivity index is 2.03. The molecule has 0 atom stereocenters. The fraction of sp³-hybridized carbons (Fsp3) is 0.267. The topological polar surface area (TPSA) is 31.4 Å². The van der Waals surface area contributed by atoms with Crippen LogP contribution in [-0.4, -0.2) is 19.2 Å². The van der Waals surface area contributed by atoms with Crippen molar-refractivity contribution in [1.29, 1.82) is 0 Å². The van der Waals surface area contributed by atoms with Crippen molar-refractivity contribution < 1.29 is 9.47 Å². The molecule has 0 fully saturated rings. The average molecular weight is 369 g/mol. The zero-order chi connectivity index (χ0) is 13.7. The van der Waals surface area contributed by atoms with E-state index in [1.165, 1.54) is 5.56 Å². The molecule has 0 spiro atoms. The number of methoxy groups -OCH3 is 2. The van der Waals surface area contributed by atoms with E-state index in [-0.39, 0.29) is 0 Å². The van der Waals surface area contributed by atoms with Crippen LogP contribution in [0.15, 0.2) is 36.4 Å². The van der Waals surface area contributed by atoms with Crippen LogP contribution in [0.4, 0.5) is 0 Å². The van der Waals surface area contributed by atoms with Gasteiger partial charge in [0, 0.05) is 15.3 Å². The summed E-state index contributed by atoms with van der Waals surface area (Å²) in [5.74, 6) is 1.56. The molecular formula is C15H16INO2. The normalized spacial score (nSPS) is 10.3. The van der Waals surface area contributed by atoms with Crippen molar-refractivity contribution in [2.24, 2.45) is 0 Å². The van der Waals surface area contributed by atoms with E-state index < -0.39 is 0 Å². The van der Waals surface area contributed by atoms with Gasteiger partial charge in [-0.1, -0.05) is 12.1 Å². The van der Waals surface area contributed by atoms with Gasteiger partial charge in [0.05, 0.1) is 14.2 Å². The summed E-state index contributed by atoms with van der Waals surface area (Å²) < 4.78 is 11.5. The van der Waals surface area contributed by atoms with Gasteiger partial charge in [-0.2, -0.15) is 0 Å². The predicted molar refractivity (Wildman–Crippen MR) is 83.9 cm³/mol. The second-order valence-electron chi connectivity index (χ2n) is 4.17. The van der Waals surface area contributed by atoms with E-state index >= 15 is 0 Å². The van der Waals surface area contributed by atoms with Crippen LogP contribution in [-0.2, 0) is 12.8 Å². The number of nitrogens with zero attached hydrogens (tertiary/aromatic N) is 1. The van der Waals surface area contributed by atoms with Crippen molar-refractivity contribution >= 4 is 22.6 Å². The minimum atomic E-state index is 0.677. The second kappa shape index (κ2) is 6.75. The van der Waals surface area contributed by atoms with Gasteiger partial charge in [0.15, 0.2) is 0 Å². The first-order chi connectivity index (χ1) is 9.21. The number of rotatable bonds is 5. The quantitative estimate of drug-likeness (QED) is 0.757. The molecule has 0 unspecified atom stereocenters. The number of hydrogen-bond acceptors (Lipinski definition) is 3. The first kappa shape index (κ1) is 14.1. The first-order valence-corrected chi connectivity index (χ1v) is 7.12. The van der Waals surface area contributed by atoms with Crippen molar-refractivity contribution in [3.05, 3.63) is 51.2 Å². The summed E-state index contributed by atoms with van der Waals surface area (Å²) in [4.78, 5) is 4.45. The molecule has 1 aromatic carbocycles. The van der Waals surface area contributed by atoms with E-state index in [2.05, 4.69) is 45.8 Å². The van der Waals surface area contributed by atoms with E-state index in [9.17, 15) is 0 Å². The lowest BCUT2D eigenvalue weighted by atomic mass is 10.1. The summed E-state index contributed by atoms with van der Waals surface area (Å²) in [6.45, 7) is 0. The zero-order valence-corrected chi connectivity index (χ0v) is 13.2. The van der Waals surface area contributed by atoms with Crippen molar-refractivity contribution in [3.8, 4) is 11.6 Å².